The van der Waals surface area contributed by atoms with Crippen molar-refractivity contribution in [3.63, 3.8) is 0 Å². The van der Waals surface area contributed by atoms with Crippen LogP contribution in [0.3, 0.4) is 0 Å². The van der Waals surface area contributed by atoms with Crippen molar-refractivity contribution in [1.29, 1.82) is 0 Å². The topological polar surface area (TPSA) is 40.5 Å². The molecule has 0 aliphatic heterocycles. The molecule has 0 fully saturated rings. The standard InChI is InChI=1S/C11H13BrClNO2/c1-7(11(15)16)14(2)6-8-3-4-10(13)9(12)5-8/h3-5,7H,6H2,1-2H3,(H,15,16). The normalized spacial score (nSPS) is 12.8. The molecular formula is C11H13BrClNO2. The van der Waals surface area contributed by atoms with Crippen LogP contribution in [0.15, 0.2) is 22.7 Å². The highest BCUT2D eigenvalue weighted by atomic mass is 79.9. The van der Waals surface area contributed by atoms with Crippen molar-refractivity contribution >= 4 is 33.5 Å². The minimum atomic E-state index is -0.824. The Balaban J connectivity index is 2.73. The van der Waals surface area contributed by atoms with Crippen LogP contribution in [0.2, 0.25) is 5.02 Å². The van der Waals surface area contributed by atoms with Gasteiger partial charge in [0.2, 0.25) is 0 Å². The highest BCUT2D eigenvalue weighted by Crippen LogP contribution is 2.23. The predicted octanol–water partition coefficient (Wildman–Crippen LogP) is 3.01. The number of rotatable bonds is 4. The maximum absolute atomic E-state index is 10.8. The van der Waals surface area contributed by atoms with Crippen molar-refractivity contribution in [2.45, 2.75) is 19.5 Å². The predicted molar refractivity (Wildman–Crippen MR) is 67.7 cm³/mol. The molecule has 16 heavy (non-hydrogen) atoms. The SMILES string of the molecule is CC(C(=O)O)N(C)Cc1ccc(Cl)c(Br)c1. The molecule has 1 rings (SSSR count). The molecule has 0 bridgehead atoms. The van der Waals surface area contributed by atoms with Crippen LogP contribution in [0.1, 0.15) is 12.5 Å². The number of nitrogens with zero attached hydrogens (tertiary/aromatic N) is 1. The number of carboxylic acids is 1. The van der Waals surface area contributed by atoms with Gasteiger partial charge in [-0.15, -0.1) is 0 Å². The minimum absolute atomic E-state index is 0.505. The van der Waals surface area contributed by atoms with Crippen molar-refractivity contribution in [2.24, 2.45) is 0 Å². The average molecular weight is 307 g/mol. The molecule has 3 nitrogen and oxygen atoms in total. The number of likely N-dealkylation sites (N-methyl/N-ethyl adjacent to an activating group) is 1. The average Bonchev–Trinajstić information content (AvgIpc) is 2.22. The lowest BCUT2D eigenvalue weighted by Crippen LogP contribution is -2.35. The van der Waals surface area contributed by atoms with Gasteiger partial charge in [0, 0.05) is 11.0 Å². The van der Waals surface area contributed by atoms with Crippen molar-refractivity contribution in [2.75, 3.05) is 7.05 Å². The van der Waals surface area contributed by atoms with Gasteiger partial charge in [-0.3, -0.25) is 9.69 Å². The fraction of sp³-hybridized carbons (Fsp3) is 0.364. The first kappa shape index (κ1) is 13.5. The molecule has 0 aliphatic carbocycles. The lowest BCUT2D eigenvalue weighted by Gasteiger charge is -2.21. The quantitative estimate of drug-likeness (QED) is 0.929. The van der Waals surface area contributed by atoms with E-state index in [-0.39, 0.29) is 0 Å². The highest BCUT2D eigenvalue weighted by molar-refractivity contribution is 9.10. The summed E-state index contributed by atoms with van der Waals surface area (Å²) in [4.78, 5) is 12.5. The summed E-state index contributed by atoms with van der Waals surface area (Å²) in [6.07, 6.45) is 0. The molecule has 1 atom stereocenters. The largest absolute Gasteiger partial charge is 0.480 e. The van der Waals surface area contributed by atoms with Gasteiger partial charge in [-0.2, -0.15) is 0 Å². The van der Waals surface area contributed by atoms with Crippen LogP contribution in [0.5, 0.6) is 0 Å². The first-order valence-electron chi connectivity index (χ1n) is 4.78. The van der Waals surface area contributed by atoms with Gasteiger partial charge in [0.05, 0.1) is 5.02 Å². The second kappa shape index (κ2) is 5.66. The summed E-state index contributed by atoms with van der Waals surface area (Å²) in [6, 6.07) is 5.07. The fourth-order valence-electron chi connectivity index (χ4n) is 1.25. The Morgan fingerprint density at radius 2 is 2.25 bits per heavy atom. The van der Waals surface area contributed by atoms with E-state index >= 15 is 0 Å². The molecule has 1 unspecified atom stereocenters. The van der Waals surface area contributed by atoms with Crippen LogP contribution in [0, 0.1) is 0 Å². The second-order valence-electron chi connectivity index (χ2n) is 3.68. The molecule has 0 saturated carbocycles. The Kier molecular flexibility index (Phi) is 4.77. The number of aliphatic carboxylic acids is 1. The van der Waals surface area contributed by atoms with Gasteiger partial charge in [-0.05, 0) is 47.6 Å². The maximum atomic E-state index is 10.8. The van der Waals surface area contributed by atoms with Gasteiger partial charge >= 0.3 is 5.97 Å². The van der Waals surface area contributed by atoms with Crippen LogP contribution >= 0.6 is 27.5 Å². The highest BCUT2D eigenvalue weighted by Gasteiger charge is 2.16. The van der Waals surface area contributed by atoms with E-state index in [2.05, 4.69) is 15.9 Å². The smallest absolute Gasteiger partial charge is 0.320 e. The molecule has 0 radical (unpaired) electrons. The molecule has 0 aromatic heterocycles. The van der Waals surface area contributed by atoms with Crippen LogP contribution in [-0.4, -0.2) is 29.1 Å². The number of carbonyl (C=O) groups is 1. The monoisotopic (exact) mass is 305 g/mol. The van der Waals surface area contributed by atoms with E-state index in [0.717, 1.165) is 10.0 Å². The third-order valence-electron chi connectivity index (χ3n) is 2.43. The van der Waals surface area contributed by atoms with E-state index in [1.807, 2.05) is 12.1 Å². The fourth-order valence-corrected chi connectivity index (χ4v) is 1.80. The Bertz CT molecular complexity index is 398. The van der Waals surface area contributed by atoms with Gasteiger partial charge in [0.25, 0.3) is 0 Å². The van der Waals surface area contributed by atoms with Crippen LogP contribution in [0.4, 0.5) is 0 Å². The third kappa shape index (κ3) is 3.47. The molecule has 0 amide bonds. The lowest BCUT2D eigenvalue weighted by atomic mass is 10.2. The molecule has 0 spiro atoms. The molecule has 1 aromatic carbocycles. The first-order valence-corrected chi connectivity index (χ1v) is 5.96. The summed E-state index contributed by atoms with van der Waals surface area (Å²) in [7, 11) is 1.78. The summed E-state index contributed by atoms with van der Waals surface area (Å²) in [6.45, 7) is 2.23. The zero-order valence-corrected chi connectivity index (χ0v) is 11.4. The van der Waals surface area contributed by atoms with Gasteiger partial charge in [0.15, 0.2) is 0 Å². The van der Waals surface area contributed by atoms with Crippen LogP contribution in [0.25, 0.3) is 0 Å². The number of benzene rings is 1. The molecule has 5 heteroatoms. The number of hydrogen-bond donors (Lipinski definition) is 1. The molecule has 0 heterocycles. The summed E-state index contributed by atoms with van der Waals surface area (Å²) in [5, 5.41) is 9.51. The van der Waals surface area contributed by atoms with E-state index in [0.29, 0.717) is 11.6 Å². The van der Waals surface area contributed by atoms with E-state index in [1.54, 1.807) is 24.9 Å². The molecule has 0 saturated heterocycles. The second-order valence-corrected chi connectivity index (χ2v) is 4.94. The summed E-state index contributed by atoms with van der Waals surface area (Å²) in [5.74, 6) is -0.824. The Morgan fingerprint density at radius 1 is 1.62 bits per heavy atom. The molecule has 1 aromatic rings. The molecule has 88 valence electrons. The third-order valence-corrected chi connectivity index (χ3v) is 3.65. The van der Waals surface area contributed by atoms with Gasteiger partial charge < -0.3 is 5.11 Å². The summed E-state index contributed by atoms with van der Waals surface area (Å²) < 4.78 is 0.822. The first-order chi connectivity index (χ1) is 7.41. The molecule has 0 aliphatic rings. The van der Waals surface area contributed by atoms with Crippen molar-refractivity contribution in [1.82, 2.24) is 4.90 Å². The Labute approximate surface area is 108 Å². The number of carboxylic acid groups (broad SMARTS) is 1. The van der Waals surface area contributed by atoms with Crippen LogP contribution < -0.4 is 0 Å². The minimum Gasteiger partial charge on any atom is -0.480 e. The van der Waals surface area contributed by atoms with Crippen molar-refractivity contribution in [3.8, 4) is 0 Å². The van der Waals surface area contributed by atoms with E-state index < -0.39 is 12.0 Å². The maximum Gasteiger partial charge on any atom is 0.320 e. The molecular weight excluding hydrogens is 293 g/mol. The van der Waals surface area contributed by atoms with Crippen molar-refractivity contribution < 1.29 is 9.90 Å². The zero-order valence-electron chi connectivity index (χ0n) is 9.08. The molecule has 1 N–H and O–H groups in total. The van der Waals surface area contributed by atoms with Crippen LogP contribution in [-0.2, 0) is 11.3 Å². The Morgan fingerprint density at radius 3 is 2.75 bits per heavy atom. The van der Waals surface area contributed by atoms with E-state index in [9.17, 15) is 4.79 Å². The van der Waals surface area contributed by atoms with Gasteiger partial charge in [-0.1, -0.05) is 17.7 Å². The summed E-state index contributed by atoms with van der Waals surface area (Å²) in [5.41, 5.74) is 1.02. The van der Waals surface area contributed by atoms with Crippen molar-refractivity contribution in [3.05, 3.63) is 33.3 Å². The number of halogens is 2. The van der Waals surface area contributed by atoms with E-state index in [1.165, 1.54) is 0 Å². The van der Waals surface area contributed by atoms with Gasteiger partial charge in [0.1, 0.15) is 6.04 Å². The zero-order chi connectivity index (χ0) is 12.3. The summed E-state index contributed by atoms with van der Waals surface area (Å²) >= 11 is 9.21. The lowest BCUT2D eigenvalue weighted by molar-refractivity contribution is -0.142. The number of hydrogen-bond acceptors (Lipinski definition) is 2. The van der Waals surface area contributed by atoms with E-state index in [4.69, 9.17) is 16.7 Å². The Hall–Kier alpha value is -0.580. The van der Waals surface area contributed by atoms with Gasteiger partial charge in [-0.25, -0.2) is 0 Å².